The van der Waals surface area contributed by atoms with Gasteiger partial charge in [-0.15, -0.1) is 0 Å². The van der Waals surface area contributed by atoms with Crippen molar-refractivity contribution in [3.8, 4) is 17.1 Å². The Hall–Kier alpha value is -4.49. The minimum atomic E-state index is -4.86. The molecule has 0 fully saturated rings. The fraction of sp³-hybridized carbons (Fsp3) is 0.148. The quantitative estimate of drug-likeness (QED) is 0.251. The smallest absolute Gasteiger partial charge is 0.410 e. The Morgan fingerprint density at radius 3 is 2.27 bits per heavy atom. The van der Waals surface area contributed by atoms with Crippen LogP contribution in [0.1, 0.15) is 11.3 Å². The molecule has 0 saturated carbocycles. The summed E-state index contributed by atoms with van der Waals surface area (Å²) in [5.41, 5.74) is -0.498. The normalized spacial score (nSPS) is 11.6. The average molecular weight is 573 g/mol. The molecule has 4 rings (SSSR count). The Bertz CT molecular complexity index is 1580. The van der Waals surface area contributed by atoms with Crippen LogP contribution in [-0.2, 0) is 21.8 Å². The second-order valence-electron chi connectivity index (χ2n) is 8.38. The van der Waals surface area contributed by atoms with Crippen molar-refractivity contribution in [2.75, 3.05) is 23.8 Å². The predicted octanol–water partition coefficient (Wildman–Crippen LogP) is 5.15. The van der Waals surface area contributed by atoms with Crippen LogP contribution >= 0.6 is 0 Å². The molecule has 9 nitrogen and oxygen atoms in total. The number of alkyl halides is 3. The van der Waals surface area contributed by atoms with E-state index in [0.29, 0.717) is 23.1 Å². The molecule has 40 heavy (non-hydrogen) atoms. The number of aromatic nitrogens is 2. The van der Waals surface area contributed by atoms with Crippen LogP contribution < -0.4 is 15.4 Å². The lowest BCUT2D eigenvalue weighted by Crippen LogP contribution is -2.16. The minimum Gasteiger partial charge on any atom is -0.410 e. The Kier molecular flexibility index (Phi) is 8.65. The largest absolute Gasteiger partial charge is 0.417 e. The molecule has 1 amide bonds. The zero-order valence-corrected chi connectivity index (χ0v) is 21.5. The van der Waals surface area contributed by atoms with E-state index in [0.717, 1.165) is 12.1 Å². The second kappa shape index (κ2) is 12.1. The summed E-state index contributed by atoms with van der Waals surface area (Å²) in [5.74, 6) is -0.218. The first kappa shape index (κ1) is 28.5. The number of halogens is 3. The van der Waals surface area contributed by atoms with Gasteiger partial charge in [-0.2, -0.15) is 13.2 Å². The van der Waals surface area contributed by atoms with Crippen molar-refractivity contribution >= 4 is 27.4 Å². The first-order valence-corrected chi connectivity index (χ1v) is 13.5. The molecule has 3 aromatic carbocycles. The molecule has 1 heterocycles. The van der Waals surface area contributed by atoms with Crippen LogP contribution in [0.2, 0.25) is 0 Å². The molecular weight excluding hydrogens is 549 g/mol. The number of hydrogen-bond acceptors (Lipinski definition) is 8. The molecule has 13 heteroatoms. The van der Waals surface area contributed by atoms with Crippen molar-refractivity contribution in [1.29, 1.82) is 0 Å². The number of rotatable bonds is 9. The molecule has 0 saturated heterocycles. The number of aliphatic hydroxyl groups excluding tert-OH is 1. The molecule has 1 aromatic heterocycles. The first-order valence-electron chi connectivity index (χ1n) is 11.8. The molecular formula is C27H23F3N4O5S. The molecule has 3 N–H and O–H groups in total. The van der Waals surface area contributed by atoms with E-state index in [-0.39, 0.29) is 30.5 Å². The van der Waals surface area contributed by atoms with E-state index in [9.17, 15) is 26.4 Å². The van der Waals surface area contributed by atoms with Gasteiger partial charge in [0.2, 0.25) is 0 Å². The van der Waals surface area contributed by atoms with Gasteiger partial charge in [-0.1, -0.05) is 30.3 Å². The minimum absolute atomic E-state index is 0.0592. The van der Waals surface area contributed by atoms with Gasteiger partial charge in [-0.05, 0) is 48.5 Å². The fourth-order valence-corrected chi connectivity index (χ4v) is 5.16. The van der Waals surface area contributed by atoms with Gasteiger partial charge >= 0.3 is 12.3 Å². The summed E-state index contributed by atoms with van der Waals surface area (Å²) in [5, 5.41) is 14.6. The number of amides is 1. The molecule has 0 radical (unpaired) electrons. The summed E-state index contributed by atoms with van der Waals surface area (Å²) in [6.07, 6.45) is -5.57. The number of hydrogen-bond donors (Lipinski definition) is 3. The number of aliphatic hydroxyl groups is 1. The number of sulfone groups is 1. The molecule has 0 bridgehead atoms. The predicted molar refractivity (Wildman–Crippen MR) is 141 cm³/mol. The van der Waals surface area contributed by atoms with Crippen molar-refractivity contribution in [2.24, 2.45) is 0 Å². The van der Waals surface area contributed by atoms with Crippen LogP contribution in [0.25, 0.3) is 11.4 Å². The van der Waals surface area contributed by atoms with Crippen molar-refractivity contribution < 1.29 is 36.2 Å². The number of carbonyl (C=O) groups is 1. The molecule has 4 aromatic rings. The third-order valence-corrected chi connectivity index (χ3v) is 7.11. The summed E-state index contributed by atoms with van der Waals surface area (Å²) in [6, 6.07) is 19.9. The maximum Gasteiger partial charge on any atom is 0.417 e. The van der Waals surface area contributed by atoms with E-state index >= 15 is 0 Å². The fourth-order valence-electron chi connectivity index (χ4n) is 3.66. The standard InChI is InChI=1S/C27H23F3N4O5S/c28-27(29,30)22-8-4-5-9-23(22)40(37,38)17-20-16-24(31-14-15-35)34-25(32-20)18-10-12-19(13-11-18)33-26(36)39-21-6-2-1-3-7-21/h1-13,16,35H,14-15,17H2,(H,33,36)(H,31,32,34). The van der Waals surface area contributed by atoms with Crippen molar-refractivity contribution in [3.05, 3.63) is 96.2 Å². The lowest BCUT2D eigenvalue weighted by Gasteiger charge is -2.14. The molecule has 0 unspecified atom stereocenters. The summed E-state index contributed by atoms with van der Waals surface area (Å²) < 4.78 is 71.7. The number of carbonyl (C=O) groups excluding carboxylic acids is 1. The van der Waals surface area contributed by atoms with Crippen LogP contribution in [-0.4, -0.2) is 42.7 Å². The maximum atomic E-state index is 13.5. The van der Waals surface area contributed by atoms with Gasteiger partial charge in [0.05, 0.1) is 28.5 Å². The number of nitrogens with zero attached hydrogens (tertiary/aromatic N) is 2. The van der Waals surface area contributed by atoms with Crippen molar-refractivity contribution in [3.63, 3.8) is 0 Å². The van der Waals surface area contributed by atoms with Gasteiger partial charge in [0, 0.05) is 23.9 Å². The third kappa shape index (κ3) is 7.33. The Morgan fingerprint density at radius 1 is 0.925 bits per heavy atom. The number of anilines is 2. The van der Waals surface area contributed by atoms with Gasteiger partial charge in [0.15, 0.2) is 15.7 Å². The molecule has 0 aliphatic rings. The second-order valence-corrected chi connectivity index (χ2v) is 10.3. The van der Waals surface area contributed by atoms with Gasteiger partial charge in [0.1, 0.15) is 11.6 Å². The van der Waals surface area contributed by atoms with Crippen molar-refractivity contribution in [2.45, 2.75) is 16.8 Å². The number of benzene rings is 3. The lowest BCUT2D eigenvalue weighted by atomic mass is 10.2. The first-order chi connectivity index (χ1) is 19.0. The Balaban J connectivity index is 1.59. The highest BCUT2D eigenvalue weighted by atomic mass is 32.2. The van der Waals surface area contributed by atoms with Gasteiger partial charge < -0.3 is 15.2 Å². The van der Waals surface area contributed by atoms with Crippen LogP contribution in [0, 0.1) is 0 Å². The van der Waals surface area contributed by atoms with Gasteiger partial charge in [0.25, 0.3) is 0 Å². The van der Waals surface area contributed by atoms with E-state index < -0.39 is 38.3 Å². The van der Waals surface area contributed by atoms with E-state index in [1.807, 2.05) is 0 Å². The molecule has 208 valence electrons. The summed E-state index contributed by atoms with van der Waals surface area (Å²) in [4.78, 5) is 19.9. The van der Waals surface area contributed by atoms with Crippen LogP contribution in [0.4, 0.5) is 29.5 Å². The molecule has 0 aliphatic heterocycles. The van der Waals surface area contributed by atoms with Crippen molar-refractivity contribution in [1.82, 2.24) is 9.97 Å². The molecule has 0 atom stereocenters. The van der Waals surface area contributed by atoms with E-state index in [1.54, 1.807) is 54.6 Å². The highest BCUT2D eigenvalue weighted by molar-refractivity contribution is 7.90. The summed E-state index contributed by atoms with van der Waals surface area (Å²) >= 11 is 0. The van der Waals surface area contributed by atoms with Crippen LogP contribution in [0.15, 0.2) is 89.8 Å². The van der Waals surface area contributed by atoms with Crippen LogP contribution in [0.5, 0.6) is 5.75 Å². The monoisotopic (exact) mass is 572 g/mol. The molecule has 0 spiro atoms. The highest BCUT2D eigenvalue weighted by Crippen LogP contribution is 2.35. The van der Waals surface area contributed by atoms with E-state index in [2.05, 4.69) is 20.6 Å². The average Bonchev–Trinajstić information content (AvgIpc) is 2.92. The summed E-state index contributed by atoms with van der Waals surface area (Å²) in [6.45, 7) is -0.155. The Morgan fingerprint density at radius 2 is 1.60 bits per heavy atom. The number of ether oxygens (including phenoxy) is 1. The molecule has 0 aliphatic carbocycles. The lowest BCUT2D eigenvalue weighted by molar-refractivity contribution is -0.139. The summed E-state index contributed by atoms with van der Waals surface area (Å²) in [7, 11) is -4.46. The van der Waals surface area contributed by atoms with E-state index in [4.69, 9.17) is 9.84 Å². The van der Waals surface area contributed by atoms with Gasteiger partial charge in [-0.25, -0.2) is 23.2 Å². The Labute approximate surface area is 227 Å². The number of para-hydroxylation sites is 1. The number of nitrogens with one attached hydrogen (secondary N) is 2. The zero-order valence-electron chi connectivity index (χ0n) is 20.7. The van der Waals surface area contributed by atoms with E-state index in [1.165, 1.54) is 12.1 Å². The third-order valence-electron chi connectivity index (χ3n) is 5.41. The van der Waals surface area contributed by atoms with Gasteiger partial charge in [-0.3, -0.25) is 5.32 Å². The zero-order chi connectivity index (χ0) is 28.8. The maximum absolute atomic E-state index is 13.5. The highest BCUT2D eigenvalue weighted by Gasteiger charge is 2.37. The topological polar surface area (TPSA) is 131 Å². The van der Waals surface area contributed by atoms with Crippen LogP contribution in [0.3, 0.4) is 0 Å². The SMILES string of the molecule is O=C(Nc1ccc(-c2nc(CS(=O)(=O)c3ccccc3C(F)(F)F)cc(NCCO)n2)cc1)Oc1ccccc1.